The van der Waals surface area contributed by atoms with Crippen molar-refractivity contribution in [1.29, 1.82) is 0 Å². The molecule has 0 radical (unpaired) electrons. The van der Waals surface area contributed by atoms with E-state index in [0.717, 1.165) is 4.47 Å². The molecule has 0 atom stereocenters. The van der Waals surface area contributed by atoms with Crippen LogP contribution in [0.4, 0.5) is 0 Å². The van der Waals surface area contributed by atoms with Crippen LogP contribution in [0.1, 0.15) is 31.1 Å². The zero-order valence-electron chi connectivity index (χ0n) is 14.1. The monoisotopic (exact) mass is 382 g/mol. The number of methoxy groups -OCH3 is 1. The fraction of sp³-hybridized carbons (Fsp3) is 0.529. The lowest BCUT2D eigenvalue weighted by atomic mass is 9.94. The van der Waals surface area contributed by atoms with Gasteiger partial charge in [-0.1, -0.05) is 20.8 Å². The van der Waals surface area contributed by atoms with Crippen LogP contribution in [-0.4, -0.2) is 54.9 Å². The molecule has 1 saturated heterocycles. The molecule has 6 heteroatoms. The summed E-state index contributed by atoms with van der Waals surface area (Å²) in [5.74, 6) is 0.740. The summed E-state index contributed by atoms with van der Waals surface area (Å²) >= 11 is 3.42. The van der Waals surface area contributed by atoms with Gasteiger partial charge in [0.05, 0.1) is 12.7 Å². The second-order valence-corrected chi connectivity index (χ2v) is 7.53. The van der Waals surface area contributed by atoms with E-state index in [4.69, 9.17) is 4.74 Å². The summed E-state index contributed by atoms with van der Waals surface area (Å²) in [6, 6.07) is 5.35. The number of piperazine rings is 1. The van der Waals surface area contributed by atoms with E-state index in [9.17, 15) is 9.59 Å². The zero-order valence-corrected chi connectivity index (χ0v) is 15.6. The highest BCUT2D eigenvalue weighted by Gasteiger charge is 2.31. The quantitative estimate of drug-likeness (QED) is 0.789. The van der Waals surface area contributed by atoms with Crippen LogP contribution in [0.3, 0.4) is 0 Å². The first-order chi connectivity index (χ1) is 10.7. The molecule has 1 aromatic carbocycles. The Hall–Kier alpha value is -1.56. The summed E-state index contributed by atoms with van der Waals surface area (Å²) in [6.45, 7) is 7.99. The van der Waals surface area contributed by atoms with Gasteiger partial charge in [-0.3, -0.25) is 9.59 Å². The molecule has 0 aliphatic carbocycles. The second kappa shape index (κ2) is 6.91. The Morgan fingerprint density at radius 2 is 1.65 bits per heavy atom. The van der Waals surface area contributed by atoms with Gasteiger partial charge in [-0.2, -0.15) is 0 Å². The number of carbonyl (C=O) groups is 2. The van der Waals surface area contributed by atoms with Crippen molar-refractivity contribution in [3.05, 3.63) is 28.2 Å². The highest BCUT2D eigenvalue weighted by Crippen LogP contribution is 2.25. The molecule has 1 aliphatic rings. The highest BCUT2D eigenvalue weighted by atomic mass is 79.9. The molecule has 1 aromatic rings. The molecule has 0 saturated carbocycles. The lowest BCUT2D eigenvalue weighted by Gasteiger charge is -2.37. The summed E-state index contributed by atoms with van der Waals surface area (Å²) in [6.07, 6.45) is 0. The van der Waals surface area contributed by atoms with Crippen molar-refractivity contribution in [2.75, 3.05) is 33.3 Å². The van der Waals surface area contributed by atoms with Crippen molar-refractivity contribution in [3.8, 4) is 5.75 Å². The van der Waals surface area contributed by atoms with Crippen molar-refractivity contribution < 1.29 is 14.3 Å². The molecule has 0 spiro atoms. The van der Waals surface area contributed by atoms with Crippen LogP contribution in [0.5, 0.6) is 5.75 Å². The molecule has 126 valence electrons. The van der Waals surface area contributed by atoms with Crippen LogP contribution in [0.15, 0.2) is 22.7 Å². The Morgan fingerprint density at radius 3 is 2.17 bits per heavy atom. The maximum absolute atomic E-state index is 12.7. The maximum atomic E-state index is 12.7. The molecule has 1 fully saturated rings. The minimum atomic E-state index is -0.387. The summed E-state index contributed by atoms with van der Waals surface area (Å²) in [4.78, 5) is 28.6. The smallest absolute Gasteiger partial charge is 0.255 e. The number of hydrogen-bond donors (Lipinski definition) is 0. The van der Waals surface area contributed by atoms with Gasteiger partial charge in [0, 0.05) is 36.1 Å². The fourth-order valence-corrected chi connectivity index (χ4v) is 2.97. The Labute approximate surface area is 145 Å². The van der Waals surface area contributed by atoms with Gasteiger partial charge in [0.15, 0.2) is 0 Å². The van der Waals surface area contributed by atoms with E-state index in [-0.39, 0.29) is 17.2 Å². The molecule has 5 nitrogen and oxygen atoms in total. The molecule has 1 heterocycles. The van der Waals surface area contributed by atoms with Crippen molar-refractivity contribution in [2.45, 2.75) is 20.8 Å². The lowest BCUT2D eigenvalue weighted by molar-refractivity contribution is -0.140. The molecule has 23 heavy (non-hydrogen) atoms. The number of halogens is 1. The summed E-state index contributed by atoms with van der Waals surface area (Å²) in [5.41, 5.74) is 0.196. The largest absolute Gasteiger partial charge is 0.497 e. The molecular weight excluding hydrogens is 360 g/mol. The third kappa shape index (κ3) is 4.05. The van der Waals surface area contributed by atoms with E-state index in [1.165, 1.54) is 0 Å². The molecule has 2 amide bonds. The van der Waals surface area contributed by atoms with Crippen LogP contribution in [0.2, 0.25) is 0 Å². The minimum absolute atomic E-state index is 0.0429. The predicted octanol–water partition coefficient (Wildman–Crippen LogP) is 2.79. The average Bonchev–Trinajstić information content (AvgIpc) is 2.53. The Balaban J connectivity index is 2.06. The Kier molecular flexibility index (Phi) is 5.34. The first-order valence-corrected chi connectivity index (χ1v) is 8.45. The normalized spacial score (nSPS) is 15.5. The number of nitrogens with zero attached hydrogens (tertiary/aromatic N) is 2. The van der Waals surface area contributed by atoms with Crippen LogP contribution >= 0.6 is 15.9 Å². The number of carbonyl (C=O) groups excluding carboxylic acids is 2. The van der Waals surface area contributed by atoms with Gasteiger partial charge in [-0.15, -0.1) is 0 Å². The van der Waals surface area contributed by atoms with Gasteiger partial charge in [0.2, 0.25) is 5.91 Å². The summed E-state index contributed by atoms with van der Waals surface area (Å²) < 4.78 is 5.94. The van der Waals surface area contributed by atoms with Gasteiger partial charge in [-0.05, 0) is 34.1 Å². The maximum Gasteiger partial charge on any atom is 0.255 e. The molecule has 0 unspecified atom stereocenters. The van der Waals surface area contributed by atoms with E-state index in [1.54, 1.807) is 24.1 Å². The molecule has 0 aromatic heterocycles. The number of ether oxygens (including phenoxy) is 1. The minimum Gasteiger partial charge on any atom is -0.497 e. The average molecular weight is 383 g/mol. The predicted molar refractivity (Wildman–Crippen MR) is 92.6 cm³/mol. The second-order valence-electron chi connectivity index (χ2n) is 6.68. The standard InChI is InChI=1S/C17H23BrN2O3/c1-17(2,3)16(22)20-9-7-19(8-10-20)15(21)13-11-12(23-4)5-6-14(13)18/h5-6,11H,7-10H2,1-4H3. The SMILES string of the molecule is COc1ccc(Br)c(C(=O)N2CCN(C(=O)C(C)(C)C)CC2)c1. The summed E-state index contributed by atoms with van der Waals surface area (Å²) in [5, 5.41) is 0. The van der Waals surface area contributed by atoms with Crippen molar-refractivity contribution in [2.24, 2.45) is 5.41 Å². The van der Waals surface area contributed by atoms with Crippen LogP contribution in [0.25, 0.3) is 0 Å². The van der Waals surface area contributed by atoms with Gasteiger partial charge in [0.1, 0.15) is 5.75 Å². The molecular formula is C17H23BrN2O3. The van der Waals surface area contributed by atoms with E-state index in [2.05, 4.69) is 15.9 Å². The Bertz CT molecular complexity index is 602. The van der Waals surface area contributed by atoms with E-state index < -0.39 is 0 Å². The van der Waals surface area contributed by atoms with Crippen molar-refractivity contribution >= 4 is 27.7 Å². The topological polar surface area (TPSA) is 49.9 Å². The van der Waals surface area contributed by atoms with Gasteiger partial charge in [-0.25, -0.2) is 0 Å². The van der Waals surface area contributed by atoms with Crippen LogP contribution in [-0.2, 0) is 4.79 Å². The molecule has 0 N–H and O–H groups in total. The van der Waals surface area contributed by atoms with Crippen molar-refractivity contribution in [1.82, 2.24) is 9.80 Å². The highest BCUT2D eigenvalue weighted by molar-refractivity contribution is 9.10. The molecule has 0 bridgehead atoms. The number of rotatable bonds is 2. The van der Waals surface area contributed by atoms with Gasteiger partial charge >= 0.3 is 0 Å². The van der Waals surface area contributed by atoms with Crippen molar-refractivity contribution in [3.63, 3.8) is 0 Å². The first kappa shape index (κ1) is 17.8. The van der Waals surface area contributed by atoms with Gasteiger partial charge < -0.3 is 14.5 Å². The Morgan fingerprint density at radius 1 is 1.09 bits per heavy atom. The zero-order chi connectivity index (χ0) is 17.2. The number of hydrogen-bond acceptors (Lipinski definition) is 3. The number of benzene rings is 1. The van der Waals surface area contributed by atoms with E-state index in [1.807, 2.05) is 31.7 Å². The third-order valence-corrected chi connectivity index (χ3v) is 4.59. The molecule has 2 rings (SSSR count). The molecule has 1 aliphatic heterocycles. The number of amides is 2. The van der Waals surface area contributed by atoms with E-state index >= 15 is 0 Å². The van der Waals surface area contributed by atoms with Gasteiger partial charge in [0.25, 0.3) is 5.91 Å². The van der Waals surface area contributed by atoms with E-state index in [0.29, 0.717) is 37.5 Å². The third-order valence-electron chi connectivity index (χ3n) is 3.90. The van der Waals surface area contributed by atoms with Crippen LogP contribution in [0, 0.1) is 5.41 Å². The van der Waals surface area contributed by atoms with Crippen LogP contribution < -0.4 is 4.74 Å². The fourth-order valence-electron chi connectivity index (χ4n) is 2.55. The summed E-state index contributed by atoms with van der Waals surface area (Å²) in [7, 11) is 1.58. The lowest BCUT2D eigenvalue weighted by Crippen LogP contribution is -2.53. The first-order valence-electron chi connectivity index (χ1n) is 7.66.